The Hall–Kier alpha value is -2.09. The summed E-state index contributed by atoms with van der Waals surface area (Å²) in [4.78, 5) is 12.4. The smallest absolute Gasteiger partial charge is 0.251 e. The number of amides is 1. The van der Waals surface area contributed by atoms with E-state index in [2.05, 4.69) is 44.3 Å². The van der Waals surface area contributed by atoms with E-state index < -0.39 is 0 Å². The minimum absolute atomic E-state index is 0.000269. The van der Waals surface area contributed by atoms with E-state index in [1.165, 1.54) is 16.7 Å². The highest BCUT2D eigenvalue weighted by Gasteiger charge is 2.13. The second kappa shape index (κ2) is 6.13. The molecule has 0 aliphatic carbocycles. The Kier molecular flexibility index (Phi) is 4.46. The van der Waals surface area contributed by atoms with E-state index in [1.54, 1.807) is 0 Å². The molecule has 2 rings (SSSR count). The molecule has 0 bridgehead atoms. The molecule has 1 N–H and O–H groups in total. The standard InChI is InChI=1S/C19H23NO/c1-12-6-9-18(15(4)10-12)16(5)20-19(21)17-8-7-13(2)14(3)11-17/h6-11,16H,1-5H3,(H,20,21). The molecular weight excluding hydrogens is 258 g/mol. The molecule has 1 amide bonds. The summed E-state index contributed by atoms with van der Waals surface area (Å²) in [5.74, 6) is -0.0226. The van der Waals surface area contributed by atoms with Gasteiger partial charge in [-0.05, 0) is 69.0 Å². The molecule has 0 aromatic heterocycles. The Labute approximate surface area is 127 Å². The average Bonchev–Trinajstić information content (AvgIpc) is 2.41. The Morgan fingerprint density at radius 2 is 1.62 bits per heavy atom. The van der Waals surface area contributed by atoms with Gasteiger partial charge in [0.25, 0.3) is 5.91 Å². The van der Waals surface area contributed by atoms with Crippen LogP contribution in [0.4, 0.5) is 0 Å². The van der Waals surface area contributed by atoms with Gasteiger partial charge in [0, 0.05) is 5.56 Å². The molecule has 2 nitrogen and oxygen atoms in total. The summed E-state index contributed by atoms with van der Waals surface area (Å²) < 4.78 is 0. The van der Waals surface area contributed by atoms with E-state index in [0.29, 0.717) is 0 Å². The van der Waals surface area contributed by atoms with Gasteiger partial charge in [0.2, 0.25) is 0 Å². The summed E-state index contributed by atoms with van der Waals surface area (Å²) in [5.41, 5.74) is 6.68. The van der Waals surface area contributed by atoms with Crippen molar-refractivity contribution in [3.63, 3.8) is 0 Å². The Morgan fingerprint density at radius 3 is 2.24 bits per heavy atom. The van der Waals surface area contributed by atoms with Crippen molar-refractivity contribution in [1.29, 1.82) is 0 Å². The van der Waals surface area contributed by atoms with Gasteiger partial charge in [-0.25, -0.2) is 0 Å². The van der Waals surface area contributed by atoms with Crippen LogP contribution in [0.15, 0.2) is 36.4 Å². The van der Waals surface area contributed by atoms with Crippen molar-refractivity contribution in [3.05, 3.63) is 69.8 Å². The molecule has 0 spiro atoms. The van der Waals surface area contributed by atoms with Crippen molar-refractivity contribution in [2.75, 3.05) is 0 Å². The highest BCUT2D eigenvalue weighted by atomic mass is 16.1. The van der Waals surface area contributed by atoms with E-state index in [-0.39, 0.29) is 11.9 Å². The summed E-state index contributed by atoms with van der Waals surface area (Å²) in [7, 11) is 0. The molecule has 21 heavy (non-hydrogen) atoms. The first-order valence-electron chi connectivity index (χ1n) is 7.33. The van der Waals surface area contributed by atoms with E-state index in [9.17, 15) is 4.79 Å². The van der Waals surface area contributed by atoms with Crippen LogP contribution in [0.2, 0.25) is 0 Å². The molecule has 110 valence electrons. The second-order valence-electron chi connectivity index (χ2n) is 5.85. The predicted molar refractivity (Wildman–Crippen MR) is 87.7 cm³/mol. The van der Waals surface area contributed by atoms with Gasteiger partial charge in [-0.2, -0.15) is 0 Å². The van der Waals surface area contributed by atoms with Crippen LogP contribution in [-0.4, -0.2) is 5.91 Å². The fraction of sp³-hybridized carbons (Fsp3) is 0.316. The van der Waals surface area contributed by atoms with E-state index in [1.807, 2.05) is 32.0 Å². The second-order valence-corrected chi connectivity index (χ2v) is 5.85. The third-order valence-electron chi connectivity index (χ3n) is 4.01. The molecule has 2 heteroatoms. The number of benzene rings is 2. The molecule has 2 aromatic rings. The number of rotatable bonds is 3. The first kappa shape index (κ1) is 15.3. The van der Waals surface area contributed by atoms with Gasteiger partial charge < -0.3 is 5.32 Å². The van der Waals surface area contributed by atoms with Crippen LogP contribution in [0.1, 0.15) is 51.1 Å². The maximum absolute atomic E-state index is 12.4. The number of hydrogen-bond donors (Lipinski definition) is 1. The zero-order valence-corrected chi connectivity index (χ0v) is 13.4. The number of carbonyl (C=O) groups excluding carboxylic acids is 1. The van der Waals surface area contributed by atoms with Crippen molar-refractivity contribution >= 4 is 5.91 Å². The monoisotopic (exact) mass is 281 g/mol. The fourth-order valence-electron chi connectivity index (χ4n) is 2.55. The summed E-state index contributed by atoms with van der Waals surface area (Å²) in [6.07, 6.45) is 0. The normalized spacial score (nSPS) is 12.0. The van der Waals surface area contributed by atoms with E-state index in [0.717, 1.165) is 16.7 Å². The topological polar surface area (TPSA) is 29.1 Å². The van der Waals surface area contributed by atoms with Gasteiger partial charge in [0.15, 0.2) is 0 Å². The predicted octanol–water partition coefficient (Wildman–Crippen LogP) is 4.41. The first-order chi connectivity index (χ1) is 9.88. The van der Waals surface area contributed by atoms with Crippen LogP contribution in [0.5, 0.6) is 0 Å². The van der Waals surface area contributed by atoms with E-state index >= 15 is 0 Å². The van der Waals surface area contributed by atoms with Gasteiger partial charge in [0.1, 0.15) is 0 Å². The lowest BCUT2D eigenvalue weighted by Crippen LogP contribution is -2.27. The van der Waals surface area contributed by atoms with Crippen LogP contribution in [0, 0.1) is 27.7 Å². The summed E-state index contributed by atoms with van der Waals surface area (Å²) in [6.45, 7) is 10.3. The molecule has 0 saturated carbocycles. The first-order valence-corrected chi connectivity index (χ1v) is 7.33. The fourth-order valence-corrected chi connectivity index (χ4v) is 2.55. The molecule has 0 heterocycles. The quantitative estimate of drug-likeness (QED) is 0.887. The molecular formula is C19H23NO. The molecule has 0 aliphatic heterocycles. The van der Waals surface area contributed by atoms with Gasteiger partial charge in [-0.3, -0.25) is 4.79 Å². The van der Waals surface area contributed by atoms with Crippen molar-refractivity contribution < 1.29 is 4.79 Å². The van der Waals surface area contributed by atoms with E-state index in [4.69, 9.17) is 0 Å². The molecule has 0 radical (unpaired) electrons. The lowest BCUT2D eigenvalue weighted by atomic mass is 9.99. The number of nitrogens with one attached hydrogen (secondary N) is 1. The third kappa shape index (κ3) is 3.52. The van der Waals surface area contributed by atoms with Gasteiger partial charge in [0.05, 0.1) is 6.04 Å². The number of carbonyl (C=O) groups is 1. The maximum Gasteiger partial charge on any atom is 0.251 e. The lowest BCUT2D eigenvalue weighted by molar-refractivity contribution is 0.0939. The van der Waals surface area contributed by atoms with Gasteiger partial charge in [-0.15, -0.1) is 0 Å². The highest BCUT2D eigenvalue weighted by Crippen LogP contribution is 2.19. The Balaban J connectivity index is 2.16. The Morgan fingerprint density at radius 1 is 0.905 bits per heavy atom. The zero-order valence-electron chi connectivity index (χ0n) is 13.4. The molecule has 0 saturated heterocycles. The summed E-state index contributed by atoms with van der Waals surface area (Å²) in [5, 5.41) is 3.08. The summed E-state index contributed by atoms with van der Waals surface area (Å²) >= 11 is 0. The number of aryl methyl sites for hydroxylation is 4. The van der Waals surface area contributed by atoms with Crippen molar-refractivity contribution in [1.82, 2.24) is 5.32 Å². The molecule has 2 aromatic carbocycles. The van der Waals surface area contributed by atoms with Crippen molar-refractivity contribution in [2.24, 2.45) is 0 Å². The van der Waals surface area contributed by atoms with Crippen LogP contribution < -0.4 is 5.32 Å². The van der Waals surface area contributed by atoms with Crippen LogP contribution in [0.25, 0.3) is 0 Å². The van der Waals surface area contributed by atoms with Crippen LogP contribution >= 0.6 is 0 Å². The third-order valence-corrected chi connectivity index (χ3v) is 4.01. The van der Waals surface area contributed by atoms with Crippen LogP contribution in [0.3, 0.4) is 0 Å². The van der Waals surface area contributed by atoms with Gasteiger partial charge >= 0.3 is 0 Å². The summed E-state index contributed by atoms with van der Waals surface area (Å²) in [6, 6.07) is 12.1. The minimum atomic E-state index is -0.0226. The van der Waals surface area contributed by atoms with Gasteiger partial charge in [-0.1, -0.05) is 29.8 Å². The molecule has 1 unspecified atom stereocenters. The SMILES string of the molecule is Cc1ccc(C(C)NC(=O)c2ccc(C)c(C)c2)c(C)c1. The molecule has 0 fully saturated rings. The zero-order chi connectivity index (χ0) is 15.6. The lowest BCUT2D eigenvalue weighted by Gasteiger charge is -2.17. The Bertz CT molecular complexity index is 673. The molecule has 0 aliphatic rings. The van der Waals surface area contributed by atoms with Crippen molar-refractivity contribution in [2.45, 2.75) is 40.7 Å². The van der Waals surface area contributed by atoms with Crippen molar-refractivity contribution in [3.8, 4) is 0 Å². The maximum atomic E-state index is 12.4. The minimum Gasteiger partial charge on any atom is -0.346 e. The largest absolute Gasteiger partial charge is 0.346 e. The van der Waals surface area contributed by atoms with Crippen LogP contribution in [-0.2, 0) is 0 Å². The number of hydrogen-bond acceptors (Lipinski definition) is 1. The highest BCUT2D eigenvalue weighted by molar-refractivity contribution is 5.94. The average molecular weight is 281 g/mol. The molecule has 1 atom stereocenters.